The largest absolute Gasteiger partial charge is 0.355 e. The molecular weight excluding hydrogens is 258 g/mol. The molecule has 112 valence electrons. The first kappa shape index (κ1) is 15.5. The summed E-state index contributed by atoms with van der Waals surface area (Å²) in [6.45, 7) is 8.28. The van der Waals surface area contributed by atoms with Crippen LogP contribution in [0.3, 0.4) is 0 Å². The van der Waals surface area contributed by atoms with E-state index in [9.17, 15) is 0 Å². The molecule has 0 radical (unpaired) electrons. The predicted molar refractivity (Wildman–Crippen MR) is 89.6 cm³/mol. The molecular formula is C18H25N3. The minimum Gasteiger partial charge on any atom is -0.355 e. The van der Waals surface area contributed by atoms with Crippen LogP contribution in [0.4, 0.5) is 5.82 Å². The molecule has 2 aromatic rings. The topological polar surface area (TPSA) is 28.2 Å². The molecule has 0 saturated carbocycles. The molecule has 1 aromatic heterocycles. The van der Waals surface area contributed by atoms with Crippen LogP contribution in [0.5, 0.6) is 0 Å². The predicted octanol–water partition coefficient (Wildman–Crippen LogP) is 3.70. The Morgan fingerprint density at radius 1 is 1.19 bits per heavy atom. The van der Waals surface area contributed by atoms with Crippen molar-refractivity contribution in [2.24, 2.45) is 0 Å². The van der Waals surface area contributed by atoms with Crippen molar-refractivity contribution >= 4 is 5.82 Å². The van der Waals surface area contributed by atoms with Crippen LogP contribution in [0, 0.1) is 6.92 Å². The third-order valence-corrected chi connectivity index (χ3v) is 3.84. The number of hydrogen-bond acceptors (Lipinski definition) is 3. The summed E-state index contributed by atoms with van der Waals surface area (Å²) in [7, 11) is 2.09. The van der Waals surface area contributed by atoms with Gasteiger partial charge in [0.25, 0.3) is 0 Å². The van der Waals surface area contributed by atoms with Gasteiger partial charge in [0.05, 0.1) is 0 Å². The van der Waals surface area contributed by atoms with Crippen LogP contribution in [0.15, 0.2) is 42.6 Å². The lowest BCUT2D eigenvalue weighted by Crippen LogP contribution is -2.20. The molecule has 0 aliphatic rings. The van der Waals surface area contributed by atoms with E-state index in [1.54, 1.807) is 0 Å². The van der Waals surface area contributed by atoms with Gasteiger partial charge in [-0.05, 0) is 43.1 Å². The Morgan fingerprint density at radius 3 is 2.57 bits per heavy atom. The summed E-state index contributed by atoms with van der Waals surface area (Å²) >= 11 is 0. The minimum absolute atomic E-state index is 0.346. The number of hydrogen-bond donors (Lipinski definition) is 1. The maximum atomic E-state index is 4.59. The minimum atomic E-state index is 0.346. The number of nitrogens with zero attached hydrogens (tertiary/aromatic N) is 2. The highest BCUT2D eigenvalue weighted by molar-refractivity contribution is 5.41. The van der Waals surface area contributed by atoms with Crippen LogP contribution in [0.25, 0.3) is 0 Å². The molecule has 0 fully saturated rings. The standard InChI is InChI=1S/C18H25N3/c1-5-19-15(3)16-10-11-18(20-12-16)21(4)13-17-9-7-6-8-14(17)2/h6-12,15,19H,5,13H2,1-4H3. The molecule has 21 heavy (non-hydrogen) atoms. The summed E-state index contributed by atoms with van der Waals surface area (Å²) in [6, 6.07) is 13.1. The van der Waals surface area contributed by atoms with Gasteiger partial charge >= 0.3 is 0 Å². The van der Waals surface area contributed by atoms with E-state index >= 15 is 0 Å². The van der Waals surface area contributed by atoms with Gasteiger partial charge in [-0.25, -0.2) is 4.98 Å². The van der Waals surface area contributed by atoms with Crippen LogP contribution >= 0.6 is 0 Å². The van der Waals surface area contributed by atoms with E-state index in [2.05, 4.69) is 79.4 Å². The Labute approximate surface area is 128 Å². The Kier molecular flexibility index (Phi) is 5.34. The maximum Gasteiger partial charge on any atom is 0.128 e. The van der Waals surface area contributed by atoms with Crippen molar-refractivity contribution in [1.29, 1.82) is 0 Å². The SMILES string of the molecule is CCNC(C)c1ccc(N(C)Cc2ccccc2C)nc1. The second-order valence-corrected chi connectivity index (χ2v) is 5.51. The van der Waals surface area contributed by atoms with Gasteiger partial charge < -0.3 is 10.2 Å². The summed E-state index contributed by atoms with van der Waals surface area (Å²) in [4.78, 5) is 6.78. The number of aryl methyl sites for hydroxylation is 1. The highest BCUT2D eigenvalue weighted by atomic mass is 15.2. The van der Waals surface area contributed by atoms with Gasteiger partial charge in [-0.1, -0.05) is 37.3 Å². The number of aromatic nitrogens is 1. The lowest BCUT2D eigenvalue weighted by molar-refractivity contribution is 0.596. The first-order chi connectivity index (χ1) is 10.1. The lowest BCUT2D eigenvalue weighted by Gasteiger charge is -2.20. The van der Waals surface area contributed by atoms with Crippen molar-refractivity contribution in [1.82, 2.24) is 10.3 Å². The summed E-state index contributed by atoms with van der Waals surface area (Å²) in [6.07, 6.45) is 1.97. The van der Waals surface area contributed by atoms with Gasteiger partial charge in [-0.3, -0.25) is 0 Å². The lowest BCUT2D eigenvalue weighted by atomic mass is 10.1. The number of nitrogens with one attached hydrogen (secondary N) is 1. The summed E-state index contributed by atoms with van der Waals surface area (Å²) in [5.74, 6) is 1.01. The zero-order chi connectivity index (χ0) is 15.2. The van der Waals surface area contributed by atoms with E-state index in [-0.39, 0.29) is 0 Å². The molecule has 0 saturated heterocycles. The van der Waals surface area contributed by atoms with Crippen molar-refractivity contribution < 1.29 is 0 Å². The fraction of sp³-hybridized carbons (Fsp3) is 0.389. The molecule has 0 spiro atoms. The number of pyridine rings is 1. The Morgan fingerprint density at radius 2 is 1.95 bits per heavy atom. The molecule has 1 aromatic carbocycles. The van der Waals surface area contributed by atoms with Crippen LogP contribution in [0.1, 0.15) is 36.6 Å². The Bertz CT molecular complexity index is 563. The molecule has 1 atom stereocenters. The van der Waals surface area contributed by atoms with Crippen molar-refractivity contribution in [3.8, 4) is 0 Å². The second kappa shape index (κ2) is 7.23. The van der Waals surface area contributed by atoms with Gasteiger partial charge in [0.1, 0.15) is 5.82 Å². The second-order valence-electron chi connectivity index (χ2n) is 5.51. The van der Waals surface area contributed by atoms with Gasteiger partial charge in [0.15, 0.2) is 0 Å². The highest BCUT2D eigenvalue weighted by Gasteiger charge is 2.08. The average molecular weight is 283 g/mol. The van der Waals surface area contributed by atoms with Gasteiger partial charge in [0, 0.05) is 25.8 Å². The third kappa shape index (κ3) is 4.05. The monoisotopic (exact) mass is 283 g/mol. The van der Waals surface area contributed by atoms with Crippen molar-refractivity contribution in [2.45, 2.75) is 33.4 Å². The molecule has 1 unspecified atom stereocenters. The normalized spacial score (nSPS) is 12.2. The zero-order valence-corrected chi connectivity index (χ0v) is 13.4. The van der Waals surface area contributed by atoms with Gasteiger partial charge in [-0.15, -0.1) is 0 Å². The van der Waals surface area contributed by atoms with E-state index < -0.39 is 0 Å². The number of benzene rings is 1. The van der Waals surface area contributed by atoms with Crippen molar-refractivity contribution in [3.05, 3.63) is 59.3 Å². The summed E-state index contributed by atoms with van der Waals surface area (Å²) in [5.41, 5.74) is 3.89. The average Bonchev–Trinajstić information content (AvgIpc) is 2.50. The van der Waals surface area contributed by atoms with E-state index in [1.807, 2.05) is 6.20 Å². The van der Waals surface area contributed by atoms with Crippen molar-refractivity contribution in [2.75, 3.05) is 18.5 Å². The number of anilines is 1. The first-order valence-electron chi connectivity index (χ1n) is 7.56. The molecule has 0 aliphatic carbocycles. The van der Waals surface area contributed by atoms with Gasteiger partial charge in [0.2, 0.25) is 0 Å². The van der Waals surface area contributed by atoms with E-state index in [0.717, 1.165) is 18.9 Å². The Balaban J connectivity index is 2.06. The molecule has 2 rings (SSSR count). The molecule has 1 N–H and O–H groups in total. The first-order valence-corrected chi connectivity index (χ1v) is 7.56. The molecule has 1 heterocycles. The summed E-state index contributed by atoms with van der Waals surface area (Å²) < 4.78 is 0. The van der Waals surface area contributed by atoms with Crippen LogP contribution < -0.4 is 10.2 Å². The quantitative estimate of drug-likeness (QED) is 0.876. The van der Waals surface area contributed by atoms with E-state index in [4.69, 9.17) is 0 Å². The molecule has 3 nitrogen and oxygen atoms in total. The zero-order valence-electron chi connectivity index (χ0n) is 13.4. The van der Waals surface area contributed by atoms with Crippen LogP contribution in [0.2, 0.25) is 0 Å². The maximum absolute atomic E-state index is 4.59. The number of rotatable bonds is 6. The molecule has 3 heteroatoms. The fourth-order valence-corrected chi connectivity index (χ4v) is 2.43. The van der Waals surface area contributed by atoms with Crippen LogP contribution in [-0.4, -0.2) is 18.6 Å². The summed E-state index contributed by atoms with van der Waals surface area (Å²) in [5, 5.41) is 3.40. The van der Waals surface area contributed by atoms with Crippen molar-refractivity contribution in [3.63, 3.8) is 0 Å². The fourth-order valence-electron chi connectivity index (χ4n) is 2.43. The van der Waals surface area contributed by atoms with Gasteiger partial charge in [-0.2, -0.15) is 0 Å². The molecule has 0 amide bonds. The molecule has 0 aliphatic heterocycles. The smallest absolute Gasteiger partial charge is 0.128 e. The third-order valence-electron chi connectivity index (χ3n) is 3.84. The van der Waals surface area contributed by atoms with Crippen LogP contribution in [-0.2, 0) is 6.54 Å². The highest BCUT2D eigenvalue weighted by Crippen LogP contribution is 2.18. The Hall–Kier alpha value is -1.87. The molecule has 0 bridgehead atoms. The van der Waals surface area contributed by atoms with E-state index in [1.165, 1.54) is 16.7 Å². The van der Waals surface area contributed by atoms with E-state index in [0.29, 0.717) is 6.04 Å².